The number of rotatable bonds is 3. The van der Waals surface area contributed by atoms with Gasteiger partial charge in [-0.3, -0.25) is 13.9 Å². The van der Waals surface area contributed by atoms with E-state index in [1.54, 1.807) is 20.0 Å². The Bertz CT molecular complexity index is 688. The van der Waals surface area contributed by atoms with Crippen molar-refractivity contribution in [2.24, 2.45) is 0 Å². The Morgan fingerprint density at radius 2 is 2.11 bits per heavy atom. The van der Waals surface area contributed by atoms with E-state index in [2.05, 4.69) is 26.1 Å². The van der Waals surface area contributed by atoms with Crippen molar-refractivity contribution in [1.82, 2.24) is 19.3 Å². The molecule has 0 radical (unpaired) electrons. The van der Waals surface area contributed by atoms with Gasteiger partial charge in [-0.05, 0) is 29.8 Å². The second-order valence-electron chi connectivity index (χ2n) is 3.72. The Balaban J connectivity index is 2.49. The number of aryl methyl sites for hydroxylation is 1. The van der Waals surface area contributed by atoms with E-state index in [0.717, 1.165) is 0 Å². The quantitative estimate of drug-likeness (QED) is 0.841. The Kier molecular flexibility index (Phi) is 3.76. The smallest absolute Gasteiger partial charge is 0.293 e. The molecule has 0 saturated carbocycles. The summed E-state index contributed by atoms with van der Waals surface area (Å²) in [7, 11) is 0. The first-order valence-corrected chi connectivity index (χ1v) is 6.92. The molecular weight excluding hydrogens is 320 g/mol. The molecule has 0 aliphatic rings. The number of hydrogen-bond acceptors (Lipinski definition) is 5. The van der Waals surface area contributed by atoms with Gasteiger partial charge in [0.2, 0.25) is 0 Å². The summed E-state index contributed by atoms with van der Waals surface area (Å²) >= 11 is 4.58. The molecule has 2 rings (SSSR count). The van der Waals surface area contributed by atoms with Crippen LogP contribution in [-0.4, -0.2) is 19.3 Å². The van der Waals surface area contributed by atoms with Crippen molar-refractivity contribution >= 4 is 27.3 Å². The molecule has 0 fully saturated rings. The molecule has 2 aromatic rings. The predicted molar refractivity (Wildman–Crippen MR) is 72.1 cm³/mol. The SMILES string of the molecule is CCn1c(=O)c(C)cn(Cc2nnc(Br)s2)c1=O. The van der Waals surface area contributed by atoms with Crippen LogP contribution in [0.1, 0.15) is 17.5 Å². The van der Waals surface area contributed by atoms with Crippen LogP contribution >= 0.6 is 27.3 Å². The number of nitrogens with zero attached hydrogens (tertiary/aromatic N) is 4. The van der Waals surface area contributed by atoms with Crippen molar-refractivity contribution in [3.05, 3.63) is 41.5 Å². The molecule has 0 aliphatic carbocycles. The van der Waals surface area contributed by atoms with Crippen molar-refractivity contribution in [2.75, 3.05) is 0 Å². The third-order valence-corrected chi connectivity index (χ3v) is 3.81. The Morgan fingerprint density at radius 3 is 2.67 bits per heavy atom. The van der Waals surface area contributed by atoms with Crippen LogP contribution in [0.5, 0.6) is 0 Å². The molecule has 2 aromatic heterocycles. The third kappa shape index (κ3) is 2.44. The van der Waals surface area contributed by atoms with Gasteiger partial charge in [-0.1, -0.05) is 11.3 Å². The molecule has 0 aromatic carbocycles. The molecule has 2 heterocycles. The van der Waals surface area contributed by atoms with Gasteiger partial charge < -0.3 is 0 Å². The number of hydrogen-bond donors (Lipinski definition) is 0. The molecule has 96 valence electrons. The van der Waals surface area contributed by atoms with Crippen LogP contribution in [0.4, 0.5) is 0 Å². The van der Waals surface area contributed by atoms with Gasteiger partial charge in [-0.15, -0.1) is 10.2 Å². The highest BCUT2D eigenvalue weighted by Gasteiger charge is 2.09. The lowest BCUT2D eigenvalue weighted by atomic mass is 10.3. The number of halogens is 1. The largest absolute Gasteiger partial charge is 0.331 e. The molecule has 0 bridgehead atoms. The molecular formula is C10H11BrN4O2S. The van der Waals surface area contributed by atoms with E-state index in [9.17, 15) is 9.59 Å². The van der Waals surface area contributed by atoms with Gasteiger partial charge in [0, 0.05) is 18.3 Å². The molecule has 0 N–H and O–H groups in total. The number of aromatic nitrogens is 4. The predicted octanol–water partition coefficient (Wildman–Crippen LogP) is 1.00. The van der Waals surface area contributed by atoms with Gasteiger partial charge in [0.25, 0.3) is 5.56 Å². The van der Waals surface area contributed by atoms with Gasteiger partial charge >= 0.3 is 5.69 Å². The fourth-order valence-corrected chi connectivity index (χ4v) is 2.84. The fourth-order valence-electron chi connectivity index (χ4n) is 1.63. The molecule has 0 atom stereocenters. The van der Waals surface area contributed by atoms with Crippen LogP contribution in [0.15, 0.2) is 19.7 Å². The molecule has 0 unspecified atom stereocenters. The Labute approximate surface area is 115 Å². The van der Waals surface area contributed by atoms with Crippen LogP contribution in [0, 0.1) is 6.92 Å². The molecule has 0 aliphatic heterocycles. The summed E-state index contributed by atoms with van der Waals surface area (Å²) in [4.78, 5) is 23.8. The molecule has 18 heavy (non-hydrogen) atoms. The summed E-state index contributed by atoms with van der Waals surface area (Å²) in [5.41, 5.74) is -0.0170. The standard InChI is InChI=1S/C10H11BrN4O2S/c1-3-15-8(16)6(2)4-14(10(15)17)5-7-12-13-9(11)18-7/h4H,3,5H2,1-2H3. The van der Waals surface area contributed by atoms with Crippen molar-refractivity contribution in [3.63, 3.8) is 0 Å². The summed E-state index contributed by atoms with van der Waals surface area (Å²) in [5, 5.41) is 8.47. The molecule has 0 saturated heterocycles. The van der Waals surface area contributed by atoms with Gasteiger partial charge in [0.15, 0.2) is 3.92 Å². The lowest BCUT2D eigenvalue weighted by Crippen LogP contribution is -2.40. The Hall–Kier alpha value is -1.28. The van der Waals surface area contributed by atoms with Crippen molar-refractivity contribution in [3.8, 4) is 0 Å². The van der Waals surface area contributed by atoms with Crippen LogP contribution in [0.25, 0.3) is 0 Å². The van der Waals surface area contributed by atoms with E-state index < -0.39 is 0 Å². The lowest BCUT2D eigenvalue weighted by Gasteiger charge is -2.08. The first-order valence-electron chi connectivity index (χ1n) is 5.31. The summed E-state index contributed by atoms with van der Waals surface area (Å²) in [6.45, 7) is 4.15. The van der Waals surface area contributed by atoms with Crippen molar-refractivity contribution in [2.45, 2.75) is 26.9 Å². The molecule has 0 amide bonds. The van der Waals surface area contributed by atoms with E-state index in [1.807, 2.05) is 0 Å². The van der Waals surface area contributed by atoms with E-state index in [4.69, 9.17) is 0 Å². The first kappa shape index (κ1) is 13.2. The summed E-state index contributed by atoms with van der Waals surface area (Å²) in [6.07, 6.45) is 1.56. The maximum atomic E-state index is 12.1. The van der Waals surface area contributed by atoms with Crippen molar-refractivity contribution < 1.29 is 0 Å². The van der Waals surface area contributed by atoms with E-state index >= 15 is 0 Å². The molecule has 8 heteroatoms. The third-order valence-electron chi connectivity index (χ3n) is 2.47. The molecule has 6 nitrogen and oxygen atoms in total. The monoisotopic (exact) mass is 330 g/mol. The Morgan fingerprint density at radius 1 is 1.39 bits per heavy atom. The normalized spacial score (nSPS) is 10.8. The minimum atomic E-state index is -0.320. The first-order chi connectivity index (χ1) is 8.52. The van der Waals surface area contributed by atoms with E-state index in [1.165, 1.54) is 20.5 Å². The summed E-state index contributed by atoms with van der Waals surface area (Å²) in [5.74, 6) is 0. The summed E-state index contributed by atoms with van der Waals surface area (Å²) < 4.78 is 3.37. The average Bonchev–Trinajstić information content (AvgIpc) is 2.73. The minimum Gasteiger partial charge on any atom is -0.293 e. The second kappa shape index (κ2) is 5.15. The van der Waals surface area contributed by atoms with Gasteiger partial charge in [0.05, 0.1) is 6.54 Å². The highest BCUT2D eigenvalue weighted by molar-refractivity contribution is 9.11. The zero-order chi connectivity index (χ0) is 13.3. The maximum absolute atomic E-state index is 12.1. The van der Waals surface area contributed by atoms with E-state index in [-0.39, 0.29) is 11.2 Å². The minimum absolute atomic E-state index is 0.239. The lowest BCUT2D eigenvalue weighted by molar-refractivity contribution is 0.589. The van der Waals surface area contributed by atoms with Crippen LogP contribution in [0.3, 0.4) is 0 Å². The van der Waals surface area contributed by atoms with Crippen LogP contribution < -0.4 is 11.2 Å². The van der Waals surface area contributed by atoms with Gasteiger partial charge in [-0.2, -0.15) is 0 Å². The summed E-state index contributed by atoms with van der Waals surface area (Å²) in [6, 6.07) is 0. The van der Waals surface area contributed by atoms with Crippen molar-refractivity contribution in [1.29, 1.82) is 0 Å². The highest BCUT2D eigenvalue weighted by atomic mass is 79.9. The highest BCUT2D eigenvalue weighted by Crippen LogP contribution is 2.15. The van der Waals surface area contributed by atoms with Gasteiger partial charge in [0.1, 0.15) is 5.01 Å². The average molecular weight is 331 g/mol. The topological polar surface area (TPSA) is 69.8 Å². The fraction of sp³-hybridized carbons (Fsp3) is 0.400. The van der Waals surface area contributed by atoms with E-state index in [0.29, 0.717) is 27.6 Å². The van der Waals surface area contributed by atoms with Crippen LogP contribution in [0.2, 0.25) is 0 Å². The zero-order valence-electron chi connectivity index (χ0n) is 9.88. The zero-order valence-corrected chi connectivity index (χ0v) is 12.3. The maximum Gasteiger partial charge on any atom is 0.331 e. The second-order valence-corrected chi connectivity index (χ2v) is 6.06. The van der Waals surface area contributed by atoms with Gasteiger partial charge in [-0.25, -0.2) is 4.79 Å². The van der Waals surface area contributed by atoms with Crippen LogP contribution in [-0.2, 0) is 13.1 Å². The molecule has 0 spiro atoms.